The average Bonchev–Trinajstić information content (AvgIpc) is 2.00. The van der Waals surface area contributed by atoms with E-state index >= 15 is 0 Å². The molecule has 72 valence electrons. The fourth-order valence-electron chi connectivity index (χ4n) is 1.32. The van der Waals surface area contributed by atoms with Crippen LogP contribution >= 0.6 is 0 Å². The molecule has 2 atom stereocenters. The van der Waals surface area contributed by atoms with E-state index in [0.717, 1.165) is 13.0 Å². The second kappa shape index (κ2) is 6.21. The van der Waals surface area contributed by atoms with Crippen LogP contribution in [0.4, 0.5) is 0 Å². The van der Waals surface area contributed by atoms with E-state index in [1.54, 1.807) is 7.11 Å². The number of rotatable bonds is 6. The van der Waals surface area contributed by atoms with Gasteiger partial charge in [0.1, 0.15) is 0 Å². The highest BCUT2D eigenvalue weighted by Gasteiger charge is 2.11. The first-order valence-electron chi connectivity index (χ1n) is 4.43. The first kappa shape index (κ1) is 11.7. The lowest BCUT2D eigenvalue weighted by Crippen LogP contribution is -2.29. The monoisotopic (exact) mass is 171 g/mol. The molecule has 0 aromatic carbocycles. The molecule has 0 aromatic heterocycles. The summed E-state index contributed by atoms with van der Waals surface area (Å²) >= 11 is 0. The number of likely N-dealkylation sites (N-methyl/N-ethyl adjacent to an activating group) is 1. The molecule has 0 aliphatic carbocycles. The molecule has 0 saturated heterocycles. The molecule has 0 fully saturated rings. The Morgan fingerprint density at radius 2 is 2.17 bits per heavy atom. The lowest BCUT2D eigenvalue weighted by atomic mass is 9.98. The van der Waals surface area contributed by atoms with Crippen LogP contribution in [0.1, 0.15) is 20.3 Å². The van der Waals surface area contributed by atoms with Crippen LogP contribution in [0.25, 0.3) is 0 Å². The molecular weight excluding hydrogens is 150 g/mol. The first-order valence-corrected chi connectivity index (χ1v) is 4.43. The third kappa shape index (κ3) is 4.52. The Bertz CT molecular complexity index is 134. The van der Waals surface area contributed by atoms with Crippen LogP contribution in [0.3, 0.4) is 0 Å². The van der Waals surface area contributed by atoms with Gasteiger partial charge in [0.05, 0.1) is 0 Å². The summed E-state index contributed by atoms with van der Waals surface area (Å²) in [5.74, 6) is 0.587. The highest BCUT2D eigenvalue weighted by Crippen LogP contribution is 2.11. The molecule has 0 heterocycles. The highest BCUT2D eigenvalue weighted by molar-refractivity contribution is 5.01. The summed E-state index contributed by atoms with van der Waals surface area (Å²) < 4.78 is 5.07. The molecule has 12 heavy (non-hydrogen) atoms. The summed E-state index contributed by atoms with van der Waals surface area (Å²) in [6.45, 7) is 9.01. The minimum Gasteiger partial charge on any atom is -0.384 e. The van der Waals surface area contributed by atoms with Crippen molar-refractivity contribution in [1.29, 1.82) is 0 Å². The van der Waals surface area contributed by atoms with Crippen LogP contribution in [-0.4, -0.2) is 26.8 Å². The molecule has 1 N–H and O–H groups in total. The number of methoxy groups -OCH3 is 1. The normalized spacial score (nSPS) is 15.7. The standard InChI is InChI=1S/C10H21NO/c1-8(2)10(11-4)6-9(3)7-12-5/h9-11H,1,6-7H2,2-5H3. The van der Waals surface area contributed by atoms with Crippen molar-refractivity contribution in [3.05, 3.63) is 12.2 Å². The highest BCUT2D eigenvalue weighted by atomic mass is 16.5. The molecule has 0 aromatic rings. The van der Waals surface area contributed by atoms with Crippen molar-refractivity contribution in [2.24, 2.45) is 5.92 Å². The largest absolute Gasteiger partial charge is 0.384 e. The topological polar surface area (TPSA) is 21.3 Å². The van der Waals surface area contributed by atoms with E-state index in [9.17, 15) is 0 Å². The molecule has 0 saturated carbocycles. The van der Waals surface area contributed by atoms with Crippen molar-refractivity contribution in [3.63, 3.8) is 0 Å². The summed E-state index contributed by atoms with van der Waals surface area (Å²) in [7, 11) is 3.71. The van der Waals surface area contributed by atoms with E-state index in [0.29, 0.717) is 12.0 Å². The van der Waals surface area contributed by atoms with Crippen LogP contribution in [0.15, 0.2) is 12.2 Å². The summed E-state index contributed by atoms with van der Waals surface area (Å²) in [5.41, 5.74) is 1.19. The lowest BCUT2D eigenvalue weighted by Gasteiger charge is -2.20. The zero-order valence-electron chi connectivity index (χ0n) is 8.68. The fourth-order valence-corrected chi connectivity index (χ4v) is 1.32. The van der Waals surface area contributed by atoms with Crippen molar-refractivity contribution < 1.29 is 4.74 Å². The average molecular weight is 171 g/mol. The van der Waals surface area contributed by atoms with Crippen LogP contribution in [0.5, 0.6) is 0 Å². The van der Waals surface area contributed by atoms with E-state index in [-0.39, 0.29) is 0 Å². The van der Waals surface area contributed by atoms with Crippen LogP contribution in [0, 0.1) is 5.92 Å². The quantitative estimate of drug-likeness (QED) is 0.616. The van der Waals surface area contributed by atoms with Gasteiger partial charge < -0.3 is 10.1 Å². The second-order valence-corrected chi connectivity index (χ2v) is 3.48. The molecular formula is C10H21NO. The SMILES string of the molecule is C=C(C)C(CC(C)COC)NC. The Hall–Kier alpha value is -0.340. The van der Waals surface area contributed by atoms with Gasteiger partial charge in [0.25, 0.3) is 0 Å². The second-order valence-electron chi connectivity index (χ2n) is 3.48. The molecule has 0 bridgehead atoms. The fraction of sp³-hybridized carbons (Fsp3) is 0.800. The Labute approximate surface area is 76.0 Å². The summed E-state index contributed by atoms with van der Waals surface area (Å²) in [4.78, 5) is 0. The molecule has 2 heteroatoms. The van der Waals surface area contributed by atoms with Crippen LogP contribution in [-0.2, 0) is 4.74 Å². The third-order valence-corrected chi connectivity index (χ3v) is 2.03. The van der Waals surface area contributed by atoms with E-state index in [1.807, 2.05) is 7.05 Å². The van der Waals surface area contributed by atoms with Gasteiger partial charge >= 0.3 is 0 Å². The van der Waals surface area contributed by atoms with E-state index < -0.39 is 0 Å². The van der Waals surface area contributed by atoms with Gasteiger partial charge in [-0.15, -0.1) is 0 Å². The number of nitrogens with one attached hydrogen (secondary N) is 1. The lowest BCUT2D eigenvalue weighted by molar-refractivity contribution is 0.152. The molecule has 2 nitrogen and oxygen atoms in total. The van der Waals surface area contributed by atoms with Gasteiger partial charge in [0.15, 0.2) is 0 Å². The maximum Gasteiger partial charge on any atom is 0.0488 e. The van der Waals surface area contributed by atoms with Crippen molar-refractivity contribution in [2.45, 2.75) is 26.3 Å². The predicted molar refractivity (Wildman–Crippen MR) is 53.3 cm³/mol. The van der Waals surface area contributed by atoms with Gasteiger partial charge in [-0.3, -0.25) is 0 Å². The molecule has 0 rings (SSSR count). The van der Waals surface area contributed by atoms with E-state index in [1.165, 1.54) is 5.57 Å². The van der Waals surface area contributed by atoms with Crippen LogP contribution in [0.2, 0.25) is 0 Å². The van der Waals surface area contributed by atoms with Gasteiger partial charge in [0.2, 0.25) is 0 Å². The van der Waals surface area contributed by atoms with Gasteiger partial charge in [0, 0.05) is 19.8 Å². The summed E-state index contributed by atoms with van der Waals surface area (Å²) in [6, 6.07) is 0.426. The minimum atomic E-state index is 0.426. The molecule has 0 aliphatic rings. The van der Waals surface area contributed by atoms with E-state index in [2.05, 4.69) is 25.7 Å². The van der Waals surface area contributed by atoms with Gasteiger partial charge in [-0.25, -0.2) is 0 Å². The zero-order chi connectivity index (χ0) is 9.56. The Balaban J connectivity index is 3.77. The van der Waals surface area contributed by atoms with Crippen molar-refractivity contribution in [3.8, 4) is 0 Å². The summed E-state index contributed by atoms with van der Waals surface area (Å²) in [5, 5.41) is 3.24. The van der Waals surface area contributed by atoms with Gasteiger partial charge in [-0.1, -0.05) is 19.1 Å². The minimum absolute atomic E-state index is 0.426. The smallest absolute Gasteiger partial charge is 0.0488 e. The predicted octanol–water partition coefficient (Wildman–Crippen LogP) is 1.82. The molecule has 0 amide bonds. The van der Waals surface area contributed by atoms with Crippen molar-refractivity contribution >= 4 is 0 Å². The Kier molecular flexibility index (Phi) is 6.03. The van der Waals surface area contributed by atoms with Gasteiger partial charge in [-0.05, 0) is 26.3 Å². The van der Waals surface area contributed by atoms with Gasteiger partial charge in [-0.2, -0.15) is 0 Å². The Morgan fingerprint density at radius 3 is 2.50 bits per heavy atom. The number of hydrogen-bond donors (Lipinski definition) is 1. The maximum absolute atomic E-state index is 5.07. The van der Waals surface area contributed by atoms with Crippen molar-refractivity contribution in [2.75, 3.05) is 20.8 Å². The molecule has 0 aliphatic heterocycles. The third-order valence-electron chi connectivity index (χ3n) is 2.03. The molecule has 0 spiro atoms. The molecule has 0 radical (unpaired) electrons. The van der Waals surface area contributed by atoms with Crippen molar-refractivity contribution in [1.82, 2.24) is 5.32 Å². The first-order chi connectivity index (χ1) is 5.61. The molecule has 2 unspecified atom stereocenters. The maximum atomic E-state index is 5.07. The Morgan fingerprint density at radius 1 is 1.58 bits per heavy atom. The summed E-state index contributed by atoms with van der Waals surface area (Å²) in [6.07, 6.45) is 1.10. The van der Waals surface area contributed by atoms with E-state index in [4.69, 9.17) is 4.74 Å². The number of hydrogen-bond acceptors (Lipinski definition) is 2. The van der Waals surface area contributed by atoms with Crippen LogP contribution < -0.4 is 5.32 Å². The zero-order valence-corrected chi connectivity index (χ0v) is 8.68. The number of ether oxygens (including phenoxy) is 1.